The molecule has 1 aliphatic rings. The van der Waals surface area contributed by atoms with E-state index in [9.17, 15) is 0 Å². The minimum atomic E-state index is 0.511. The van der Waals surface area contributed by atoms with Crippen molar-refractivity contribution in [1.29, 1.82) is 0 Å². The first-order valence-corrected chi connectivity index (χ1v) is 7.07. The van der Waals surface area contributed by atoms with Gasteiger partial charge in [-0.1, -0.05) is 6.07 Å². The van der Waals surface area contributed by atoms with Crippen LogP contribution in [0.25, 0.3) is 0 Å². The van der Waals surface area contributed by atoms with Gasteiger partial charge in [-0.3, -0.25) is 9.88 Å². The molecule has 0 aromatic carbocycles. The van der Waals surface area contributed by atoms with Gasteiger partial charge in [0.25, 0.3) is 0 Å². The standard InChI is InChI=1S/C15H20N4O/c1-2-13(9-16-3-1)8-14-10-19(6-7-20-12-14)11-15-17-4-5-18-15/h1-5,9,14H,6-8,10-12H2,(H,17,18). The largest absolute Gasteiger partial charge is 0.380 e. The van der Waals surface area contributed by atoms with Crippen LogP contribution in [0.1, 0.15) is 11.4 Å². The smallest absolute Gasteiger partial charge is 0.120 e. The first kappa shape index (κ1) is 13.3. The number of rotatable bonds is 4. The highest BCUT2D eigenvalue weighted by Gasteiger charge is 2.19. The maximum Gasteiger partial charge on any atom is 0.120 e. The normalized spacial score (nSPS) is 20.7. The quantitative estimate of drug-likeness (QED) is 0.916. The lowest BCUT2D eigenvalue weighted by Gasteiger charge is -2.22. The van der Waals surface area contributed by atoms with Crippen molar-refractivity contribution in [3.05, 3.63) is 48.3 Å². The molecule has 5 nitrogen and oxygen atoms in total. The lowest BCUT2D eigenvalue weighted by atomic mass is 10.0. The summed E-state index contributed by atoms with van der Waals surface area (Å²) in [5.41, 5.74) is 1.28. The van der Waals surface area contributed by atoms with E-state index in [1.165, 1.54) is 5.56 Å². The van der Waals surface area contributed by atoms with E-state index in [4.69, 9.17) is 4.74 Å². The number of pyridine rings is 1. The highest BCUT2D eigenvalue weighted by molar-refractivity contribution is 5.09. The van der Waals surface area contributed by atoms with Gasteiger partial charge in [0, 0.05) is 37.9 Å². The molecule has 0 aliphatic carbocycles. The summed E-state index contributed by atoms with van der Waals surface area (Å²) in [7, 11) is 0. The van der Waals surface area contributed by atoms with Gasteiger partial charge in [-0.15, -0.1) is 0 Å². The molecule has 0 radical (unpaired) electrons. The molecule has 0 saturated carbocycles. The van der Waals surface area contributed by atoms with Crippen LogP contribution in [-0.4, -0.2) is 46.2 Å². The van der Waals surface area contributed by atoms with Crippen molar-refractivity contribution in [2.45, 2.75) is 13.0 Å². The van der Waals surface area contributed by atoms with Crippen molar-refractivity contribution >= 4 is 0 Å². The summed E-state index contributed by atoms with van der Waals surface area (Å²) >= 11 is 0. The van der Waals surface area contributed by atoms with Crippen molar-refractivity contribution in [3.8, 4) is 0 Å². The number of hydrogen-bond acceptors (Lipinski definition) is 4. The molecule has 2 aromatic heterocycles. The number of ether oxygens (including phenoxy) is 1. The summed E-state index contributed by atoms with van der Waals surface area (Å²) in [6.07, 6.45) is 8.45. The summed E-state index contributed by atoms with van der Waals surface area (Å²) in [4.78, 5) is 14.1. The van der Waals surface area contributed by atoms with Crippen LogP contribution in [0.15, 0.2) is 36.9 Å². The third-order valence-corrected chi connectivity index (χ3v) is 3.60. The predicted molar refractivity (Wildman–Crippen MR) is 76.1 cm³/mol. The molecule has 0 spiro atoms. The zero-order valence-corrected chi connectivity index (χ0v) is 11.5. The van der Waals surface area contributed by atoms with Gasteiger partial charge in [-0.2, -0.15) is 0 Å². The molecule has 1 saturated heterocycles. The van der Waals surface area contributed by atoms with Crippen LogP contribution in [0, 0.1) is 5.92 Å². The van der Waals surface area contributed by atoms with Crippen LogP contribution in [0.5, 0.6) is 0 Å². The maximum atomic E-state index is 5.74. The van der Waals surface area contributed by atoms with E-state index in [0.29, 0.717) is 5.92 Å². The molecule has 3 rings (SSSR count). The van der Waals surface area contributed by atoms with Crippen LogP contribution in [-0.2, 0) is 17.7 Å². The first-order valence-electron chi connectivity index (χ1n) is 7.07. The van der Waals surface area contributed by atoms with E-state index >= 15 is 0 Å². The lowest BCUT2D eigenvalue weighted by Crippen LogP contribution is -2.30. The van der Waals surface area contributed by atoms with Crippen molar-refractivity contribution < 1.29 is 4.74 Å². The van der Waals surface area contributed by atoms with Crippen LogP contribution in [0.2, 0.25) is 0 Å². The molecule has 20 heavy (non-hydrogen) atoms. The van der Waals surface area contributed by atoms with Crippen molar-refractivity contribution in [3.63, 3.8) is 0 Å². The molecule has 5 heteroatoms. The average molecular weight is 272 g/mol. The molecule has 3 heterocycles. The van der Waals surface area contributed by atoms with Gasteiger partial charge in [0.2, 0.25) is 0 Å². The molecule has 0 amide bonds. The van der Waals surface area contributed by atoms with Gasteiger partial charge < -0.3 is 9.72 Å². The summed E-state index contributed by atoms with van der Waals surface area (Å²) in [5.74, 6) is 1.53. The molecule has 2 aromatic rings. The molecule has 0 bridgehead atoms. The molecule has 1 aliphatic heterocycles. The summed E-state index contributed by atoms with van der Waals surface area (Å²) in [5, 5.41) is 0. The van der Waals surface area contributed by atoms with Crippen LogP contribution < -0.4 is 0 Å². The lowest BCUT2D eigenvalue weighted by molar-refractivity contribution is 0.121. The third-order valence-electron chi connectivity index (χ3n) is 3.60. The minimum absolute atomic E-state index is 0.511. The van der Waals surface area contributed by atoms with Gasteiger partial charge in [0.1, 0.15) is 5.82 Å². The summed E-state index contributed by atoms with van der Waals surface area (Å²) < 4.78 is 5.74. The molecular weight excluding hydrogens is 252 g/mol. The number of aromatic amines is 1. The van der Waals surface area contributed by atoms with E-state index in [1.54, 1.807) is 6.20 Å². The van der Waals surface area contributed by atoms with Crippen LogP contribution in [0.3, 0.4) is 0 Å². The van der Waals surface area contributed by atoms with Crippen molar-refractivity contribution in [2.24, 2.45) is 5.92 Å². The topological polar surface area (TPSA) is 54.0 Å². The van der Waals surface area contributed by atoms with Crippen LogP contribution >= 0.6 is 0 Å². The zero-order chi connectivity index (χ0) is 13.6. The Kier molecular flexibility index (Phi) is 4.40. The Hall–Kier alpha value is -1.72. The minimum Gasteiger partial charge on any atom is -0.380 e. The first-order chi connectivity index (χ1) is 9.90. The molecule has 1 unspecified atom stereocenters. The van der Waals surface area contributed by atoms with Gasteiger partial charge in [0.05, 0.1) is 19.8 Å². The second-order valence-corrected chi connectivity index (χ2v) is 5.28. The van der Waals surface area contributed by atoms with Gasteiger partial charge in [-0.05, 0) is 24.0 Å². The van der Waals surface area contributed by atoms with E-state index in [1.807, 2.05) is 24.7 Å². The maximum absolute atomic E-state index is 5.74. The number of aromatic nitrogens is 3. The van der Waals surface area contributed by atoms with E-state index in [-0.39, 0.29) is 0 Å². The Labute approximate surface area is 119 Å². The SMILES string of the molecule is c1cncc(CC2COCCN(Cc3ncc[nH]3)C2)c1. The molecule has 106 valence electrons. The Morgan fingerprint density at radius 3 is 3.20 bits per heavy atom. The Balaban J connectivity index is 1.60. The van der Waals surface area contributed by atoms with E-state index in [2.05, 4.69) is 25.9 Å². The number of hydrogen-bond donors (Lipinski definition) is 1. The molecule has 1 atom stereocenters. The molecule has 1 N–H and O–H groups in total. The molecule has 1 fully saturated rings. The summed E-state index contributed by atoms with van der Waals surface area (Å²) in [6.45, 7) is 4.48. The fourth-order valence-electron chi connectivity index (χ4n) is 2.67. The van der Waals surface area contributed by atoms with Crippen molar-refractivity contribution in [2.75, 3.05) is 26.3 Å². The second kappa shape index (κ2) is 6.63. The number of imidazole rings is 1. The van der Waals surface area contributed by atoms with Crippen LogP contribution in [0.4, 0.5) is 0 Å². The Morgan fingerprint density at radius 2 is 2.40 bits per heavy atom. The van der Waals surface area contributed by atoms with Gasteiger partial charge >= 0.3 is 0 Å². The monoisotopic (exact) mass is 272 g/mol. The average Bonchev–Trinajstić information content (AvgIpc) is 2.87. The molecular formula is C15H20N4O. The Bertz CT molecular complexity index is 500. The van der Waals surface area contributed by atoms with Gasteiger partial charge in [-0.25, -0.2) is 4.98 Å². The van der Waals surface area contributed by atoms with E-state index in [0.717, 1.165) is 45.1 Å². The zero-order valence-electron chi connectivity index (χ0n) is 11.5. The number of nitrogens with zero attached hydrogens (tertiary/aromatic N) is 3. The fraction of sp³-hybridized carbons (Fsp3) is 0.467. The van der Waals surface area contributed by atoms with Gasteiger partial charge in [0.15, 0.2) is 0 Å². The number of nitrogens with one attached hydrogen (secondary N) is 1. The fourth-order valence-corrected chi connectivity index (χ4v) is 2.67. The van der Waals surface area contributed by atoms with E-state index < -0.39 is 0 Å². The third kappa shape index (κ3) is 3.65. The second-order valence-electron chi connectivity index (χ2n) is 5.28. The highest BCUT2D eigenvalue weighted by Crippen LogP contribution is 2.14. The number of H-pyrrole nitrogens is 1. The predicted octanol–water partition coefficient (Wildman–Crippen LogP) is 1.50. The van der Waals surface area contributed by atoms with Crippen molar-refractivity contribution in [1.82, 2.24) is 19.9 Å². The highest BCUT2D eigenvalue weighted by atomic mass is 16.5. The Morgan fingerprint density at radius 1 is 1.40 bits per heavy atom. The summed E-state index contributed by atoms with van der Waals surface area (Å²) in [6, 6.07) is 4.13.